The van der Waals surface area contributed by atoms with Crippen LogP contribution < -0.4 is 5.73 Å². The average molecular weight is 305 g/mol. The molecule has 1 nitrogen and oxygen atoms in total. The smallest absolute Gasteiger partial charge is 0.129 e. The minimum Gasteiger partial charge on any atom is -0.320 e. The van der Waals surface area contributed by atoms with Crippen LogP contribution in [0.1, 0.15) is 17.2 Å². The summed E-state index contributed by atoms with van der Waals surface area (Å²) in [5.74, 6) is -0.443. The van der Waals surface area contributed by atoms with Crippen molar-refractivity contribution in [1.82, 2.24) is 0 Å². The molecule has 18 heavy (non-hydrogen) atoms. The molecule has 2 N–H and O–H groups in total. The molecule has 0 aromatic heterocycles. The molecule has 0 heterocycles. The molecule has 2 aromatic carbocycles. The molecule has 0 spiro atoms. The minimum atomic E-state index is -0.614. The highest BCUT2D eigenvalue weighted by Gasteiger charge is 2.14. The van der Waals surface area contributed by atoms with Gasteiger partial charge in [-0.05, 0) is 29.8 Å². The van der Waals surface area contributed by atoms with Gasteiger partial charge in [0.2, 0.25) is 0 Å². The van der Waals surface area contributed by atoms with Crippen LogP contribution in [0.2, 0.25) is 15.1 Å². The van der Waals surface area contributed by atoms with Gasteiger partial charge in [0.1, 0.15) is 5.82 Å². The van der Waals surface area contributed by atoms with E-state index in [0.29, 0.717) is 26.2 Å². The van der Waals surface area contributed by atoms with Crippen molar-refractivity contribution in [3.63, 3.8) is 0 Å². The largest absolute Gasteiger partial charge is 0.320 e. The second-order valence-electron chi connectivity index (χ2n) is 3.82. The normalized spacial score (nSPS) is 12.5. The predicted molar refractivity (Wildman–Crippen MR) is 73.9 cm³/mol. The first kappa shape index (κ1) is 13.6. The lowest BCUT2D eigenvalue weighted by Gasteiger charge is -2.14. The van der Waals surface area contributed by atoms with Gasteiger partial charge < -0.3 is 5.73 Å². The molecule has 1 unspecified atom stereocenters. The second kappa shape index (κ2) is 5.45. The Hall–Kier alpha value is -0.800. The first-order chi connectivity index (χ1) is 8.49. The fourth-order valence-electron chi connectivity index (χ4n) is 1.64. The third-order valence-corrected chi connectivity index (χ3v) is 3.57. The molecule has 94 valence electrons. The summed E-state index contributed by atoms with van der Waals surface area (Å²) in [6, 6.07) is 8.75. The third-order valence-electron chi connectivity index (χ3n) is 2.60. The molecule has 0 amide bonds. The molecular weight excluding hydrogens is 296 g/mol. The van der Waals surface area contributed by atoms with Crippen molar-refractivity contribution < 1.29 is 4.39 Å². The SMILES string of the molecule is NC(c1ccc(Cl)c(Cl)c1)c1ccc(Cl)cc1F. The van der Waals surface area contributed by atoms with Crippen LogP contribution in [0.25, 0.3) is 0 Å². The van der Waals surface area contributed by atoms with Crippen LogP contribution in [0.4, 0.5) is 4.39 Å². The lowest BCUT2D eigenvalue weighted by Crippen LogP contribution is -2.13. The summed E-state index contributed by atoms with van der Waals surface area (Å²) in [7, 11) is 0. The van der Waals surface area contributed by atoms with E-state index in [9.17, 15) is 4.39 Å². The van der Waals surface area contributed by atoms with E-state index >= 15 is 0 Å². The first-order valence-corrected chi connectivity index (χ1v) is 6.28. The predicted octanol–water partition coefficient (Wildman–Crippen LogP) is 4.83. The van der Waals surface area contributed by atoms with Gasteiger partial charge in [0.15, 0.2) is 0 Å². The molecular formula is C13H9Cl3FN. The molecule has 0 aliphatic rings. The number of rotatable bonds is 2. The molecule has 2 rings (SSSR count). The Morgan fingerprint density at radius 3 is 2.28 bits per heavy atom. The molecule has 0 aliphatic carbocycles. The van der Waals surface area contributed by atoms with Crippen molar-refractivity contribution in [3.8, 4) is 0 Å². The van der Waals surface area contributed by atoms with Crippen LogP contribution in [0, 0.1) is 5.82 Å². The van der Waals surface area contributed by atoms with E-state index in [-0.39, 0.29) is 0 Å². The van der Waals surface area contributed by atoms with Gasteiger partial charge in [0.05, 0.1) is 16.1 Å². The number of hydrogen-bond donors (Lipinski definition) is 1. The minimum absolute atomic E-state index is 0.331. The van der Waals surface area contributed by atoms with Crippen molar-refractivity contribution in [2.24, 2.45) is 5.73 Å². The summed E-state index contributed by atoms with van der Waals surface area (Å²) in [5, 5.41) is 1.15. The van der Waals surface area contributed by atoms with Gasteiger partial charge >= 0.3 is 0 Å². The first-order valence-electron chi connectivity index (χ1n) is 5.14. The Morgan fingerprint density at radius 2 is 1.67 bits per heavy atom. The van der Waals surface area contributed by atoms with Crippen molar-refractivity contribution in [3.05, 3.63) is 68.4 Å². The highest BCUT2D eigenvalue weighted by atomic mass is 35.5. The molecule has 2 aromatic rings. The molecule has 5 heteroatoms. The van der Waals surface area contributed by atoms with E-state index in [0.717, 1.165) is 0 Å². The van der Waals surface area contributed by atoms with Gasteiger partial charge in [0.25, 0.3) is 0 Å². The van der Waals surface area contributed by atoms with Crippen LogP contribution in [0.3, 0.4) is 0 Å². The molecule has 0 saturated heterocycles. The molecule has 0 saturated carbocycles. The van der Waals surface area contributed by atoms with Crippen molar-refractivity contribution in [1.29, 1.82) is 0 Å². The van der Waals surface area contributed by atoms with E-state index < -0.39 is 11.9 Å². The number of benzene rings is 2. The lowest BCUT2D eigenvalue weighted by molar-refractivity contribution is 0.600. The second-order valence-corrected chi connectivity index (χ2v) is 5.07. The zero-order valence-electron chi connectivity index (χ0n) is 9.13. The van der Waals surface area contributed by atoms with Crippen LogP contribution in [0.15, 0.2) is 36.4 Å². The maximum Gasteiger partial charge on any atom is 0.129 e. The molecule has 1 atom stereocenters. The summed E-state index contributed by atoms with van der Waals surface area (Å²) < 4.78 is 13.7. The van der Waals surface area contributed by atoms with Gasteiger partial charge in [0, 0.05) is 10.6 Å². The van der Waals surface area contributed by atoms with Gasteiger partial charge in [-0.25, -0.2) is 4.39 Å². The van der Waals surface area contributed by atoms with E-state index in [1.165, 1.54) is 6.07 Å². The van der Waals surface area contributed by atoms with Gasteiger partial charge in [-0.1, -0.05) is 46.9 Å². The quantitative estimate of drug-likeness (QED) is 0.844. The highest BCUT2D eigenvalue weighted by molar-refractivity contribution is 6.42. The van der Waals surface area contributed by atoms with Crippen LogP contribution in [-0.4, -0.2) is 0 Å². The number of nitrogens with two attached hydrogens (primary N) is 1. The fourth-order valence-corrected chi connectivity index (χ4v) is 2.10. The summed E-state index contributed by atoms with van der Waals surface area (Å²) in [6.07, 6.45) is 0. The molecule has 0 fully saturated rings. The van der Waals surface area contributed by atoms with Crippen LogP contribution in [-0.2, 0) is 0 Å². The summed E-state index contributed by atoms with van der Waals surface area (Å²) in [6.45, 7) is 0. The summed E-state index contributed by atoms with van der Waals surface area (Å²) in [5.41, 5.74) is 7.05. The Kier molecular flexibility index (Phi) is 4.13. The summed E-state index contributed by atoms with van der Waals surface area (Å²) in [4.78, 5) is 0. The van der Waals surface area contributed by atoms with E-state index in [4.69, 9.17) is 40.5 Å². The van der Waals surface area contributed by atoms with Gasteiger partial charge in [-0.15, -0.1) is 0 Å². The third kappa shape index (κ3) is 2.78. The highest BCUT2D eigenvalue weighted by Crippen LogP contribution is 2.29. The van der Waals surface area contributed by atoms with Crippen molar-refractivity contribution >= 4 is 34.8 Å². The Balaban J connectivity index is 2.41. The van der Waals surface area contributed by atoms with Crippen molar-refractivity contribution in [2.75, 3.05) is 0 Å². The maximum absolute atomic E-state index is 13.7. The Bertz CT molecular complexity index is 586. The molecule has 0 radical (unpaired) electrons. The standard InChI is InChI=1S/C13H9Cl3FN/c14-8-2-3-9(12(17)6-8)13(18)7-1-4-10(15)11(16)5-7/h1-6,13H,18H2. The lowest BCUT2D eigenvalue weighted by atomic mass is 9.99. The van der Waals surface area contributed by atoms with Crippen LogP contribution in [0.5, 0.6) is 0 Å². The monoisotopic (exact) mass is 303 g/mol. The zero-order valence-corrected chi connectivity index (χ0v) is 11.4. The van der Waals surface area contributed by atoms with E-state index in [2.05, 4.69) is 0 Å². The topological polar surface area (TPSA) is 26.0 Å². The number of hydrogen-bond acceptors (Lipinski definition) is 1. The molecule has 0 aliphatic heterocycles. The summed E-state index contributed by atoms with van der Waals surface area (Å²) >= 11 is 17.4. The Labute approximate surface area is 119 Å². The van der Waals surface area contributed by atoms with Gasteiger partial charge in [-0.3, -0.25) is 0 Å². The zero-order chi connectivity index (χ0) is 13.3. The van der Waals surface area contributed by atoms with Crippen molar-refractivity contribution in [2.45, 2.75) is 6.04 Å². The maximum atomic E-state index is 13.7. The molecule has 0 bridgehead atoms. The Morgan fingerprint density at radius 1 is 0.944 bits per heavy atom. The van der Waals surface area contributed by atoms with Crippen LogP contribution >= 0.6 is 34.8 Å². The van der Waals surface area contributed by atoms with E-state index in [1.54, 1.807) is 30.3 Å². The van der Waals surface area contributed by atoms with Gasteiger partial charge in [-0.2, -0.15) is 0 Å². The van der Waals surface area contributed by atoms with E-state index in [1.807, 2.05) is 0 Å². The fraction of sp³-hybridized carbons (Fsp3) is 0.0769. The number of halogens is 4. The average Bonchev–Trinajstić information content (AvgIpc) is 2.32.